The Bertz CT molecular complexity index is 1220. The first-order valence-corrected chi connectivity index (χ1v) is 14.9. The second-order valence-electron chi connectivity index (χ2n) is 11.3. The summed E-state index contributed by atoms with van der Waals surface area (Å²) in [7, 11) is 0. The summed E-state index contributed by atoms with van der Waals surface area (Å²) in [6.07, 6.45) is 3.12. The molecule has 2 saturated heterocycles. The van der Waals surface area contributed by atoms with Crippen molar-refractivity contribution in [1.29, 1.82) is 0 Å². The Morgan fingerprint density at radius 2 is 1.61 bits per heavy atom. The predicted molar refractivity (Wildman–Crippen MR) is 155 cm³/mol. The summed E-state index contributed by atoms with van der Waals surface area (Å²) in [6.45, 7) is 13.2. The van der Waals surface area contributed by atoms with E-state index in [4.69, 9.17) is 19.0 Å². The minimum absolute atomic E-state index is 0.0662. The number of hydrogen-bond donors (Lipinski definition) is 0. The highest BCUT2D eigenvalue weighted by atomic mass is 19.1. The van der Waals surface area contributed by atoms with Crippen molar-refractivity contribution in [2.24, 2.45) is 10.6 Å². The molecular formula is C32H42FN3O5. The fourth-order valence-electron chi connectivity index (χ4n) is 6.33. The maximum atomic E-state index is 13.6. The van der Waals surface area contributed by atoms with E-state index in [1.54, 1.807) is 12.1 Å². The van der Waals surface area contributed by atoms with Gasteiger partial charge in [-0.05, 0) is 75.4 Å². The first-order chi connectivity index (χ1) is 19.8. The zero-order chi connectivity index (χ0) is 29.0. The van der Waals surface area contributed by atoms with E-state index < -0.39 is 0 Å². The fourth-order valence-corrected chi connectivity index (χ4v) is 6.33. The van der Waals surface area contributed by atoms with Gasteiger partial charge in [-0.25, -0.2) is 4.39 Å². The summed E-state index contributed by atoms with van der Waals surface area (Å²) < 4.78 is 31.1. The van der Waals surface area contributed by atoms with Gasteiger partial charge in [0.1, 0.15) is 23.2 Å². The lowest BCUT2D eigenvalue weighted by molar-refractivity contribution is -0.158. The molecule has 0 radical (unpaired) electrons. The van der Waals surface area contributed by atoms with Gasteiger partial charge in [0.15, 0.2) is 5.60 Å². The Morgan fingerprint density at radius 3 is 2.17 bits per heavy atom. The van der Waals surface area contributed by atoms with Crippen LogP contribution in [0.2, 0.25) is 0 Å². The van der Waals surface area contributed by atoms with E-state index in [-0.39, 0.29) is 22.8 Å². The third kappa shape index (κ3) is 6.01. The molecule has 2 aromatic carbocycles. The van der Waals surface area contributed by atoms with E-state index in [9.17, 15) is 9.18 Å². The van der Waals surface area contributed by atoms with Crippen molar-refractivity contribution in [1.82, 2.24) is 9.80 Å². The predicted octanol–water partition coefficient (Wildman–Crippen LogP) is 5.63. The minimum atomic E-state index is -0.385. The summed E-state index contributed by atoms with van der Waals surface area (Å²) in [5.41, 5.74) is 2.10. The van der Waals surface area contributed by atoms with Crippen molar-refractivity contribution in [3.8, 4) is 22.6 Å². The number of benzene rings is 2. The number of ether oxygens (including phenoxy) is 3. The van der Waals surface area contributed by atoms with Crippen molar-refractivity contribution >= 4 is 11.8 Å². The van der Waals surface area contributed by atoms with Crippen LogP contribution in [0.5, 0.6) is 11.5 Å². The molecule has 222 valence electrons. The van der Waals surface area contributed by atoms with Gasteiger partial charge in [-0.1, -0.05) is 24.2 Å². The Kier molecular flexibility index (Phi) is 8.73. The smallest absolute Gasteiger partial charge is 0.312 e. The van der Waals surface area contributed by atoms with Crippen LogP contribution in [-0.4, -0.2) is 73.2 Å². The van der Waals surface area contributed by atoms with Crippen LogP contribution >= 0.6 is 0 Å². The Balaban J connectivity index is 1.21. The van der Waals surface area contributed by atoms with E-state index in [2.05, 4.69) is 34.0 Å². The summed E-state index contributed by atoms with van der Waals surface area (Å²) >= 11 is 0. The van der Waals surface area contributed by atoms with Gasteiger partial charge in [-0.15, -0.1) is 0 Å². The van der Waals surface area contributed by atoms with Crippen molar-refractivity contribution in [3.63, 3.8) is 0 Å². The summed E-state index contributed by atoms with van der Waals surface area (Å²) in [5, 5.41) is 4.49. The Labute approximate surface area is 242 Å². The molecule has 0 aromatic heterocycles. The van der Waals surface area contributed by atoms with Crippen LogP contribution in [0.4, 0.5) is 4.39 Å². The van der Waals surface area contributed by atoms with Gasteiger partial charge >= 0.3 is 5.97 Å². The van der Waals surface area contributed by atoms with E-state index in [1.165, 1.54) is 12.1 Å². The number of halogens is 1. The molecule has 9 heteroatoms. The van der Waals surface area contributed by atoms with E-state index >= 15 is 0 Å². The number of amidine groups is 1. The van der Waals surface area contributed by atoms with Crippen LogP contribution < -0.4 is 9.47 Å². The number of likely N-dealkylation sites (tertiary alicyclic amines) is 2. The number of oxime groups is 1. The molecule has 2 fully saturated rings. The van der Waals surface area contributed by atoms with Gasteiger partial charge in [0.05, 0.1) is 37.2 Å². The quantitative estimate of drug-likeness (QED) is 0.345. The van der Waals surface area contributed by atoms with Gasteiger partial charge in [-0.3, -0.25) is 9.69 Å². The fraction of sp³-hybridized carbons (Fsp3) is 0.562. The molecule has 8 nitrogen and oxygen atoms in total. The third-order valence-electron chi connectivity index (χ3n) is 8.58. The molecule has 41 heavy (non-hydrogen) atoms. The normalized spacial score (nSPS) is 19.3. The molecule has 0 N–H and O–H groups in total. The van der Waals surface area contributed by atoms with Gasteiger partial charge in [0.2, 0.25) is 0 Å². The molecule has 1 spiro atoms. The lowest BCUT2D eigenvalue weighted by atomic mass is 9.76. The molecule has 0 saturated carbocycles. The SMILES string of the molecule is CCOC(=O)C1(CC)CCN(C2=NOC3(C2)CN(Cc2cc(OCC)c(-c4ccc(F)cc4)c(OCC)c2)C3)CC1. The van der Waals surface area contributed by atoms with Gasteiger partial charge in [-0.2, -0.15) is 0 Å². The molecule has 3 aliphatic rings. The molecule has 0 unspecified atom stereocenters. The molecule has 0 amide bonds. The molecule has 0 aliphatic carbocycles. The number of hydrogen-bond acceptors (Lipinski definition) is 8. The minimum Gasteiger partial charge on any atom is -0.493 e. The molecule has 0 bridgehead atoms. The average Bonchev–Trinajstić information content (AvgIpc) is 3.40. The first-order valence-electron chi connectivity index (χ1n) is 14.9. The van der Waals surface area contributed by atoms with Crippen LogP contribution in [0.25, 0.3) is 11.1 Å². The number of piperidine rings is 1. The van der Waals surface area contributed by atoms with Gasteiger partial charge in [0.25, 0.3) is 0 Å². The largest absolute Gasteiger partial charge is 0.493 e. The van der Waals surface area contributed by atoms with Gasteiger partial charge in [0, 0.05) is 32.7 Å². The molecule has 3 aliphatic heterocycles. The summed E-state index contributed by atoms with van der Waals surface area (Å²) in [5.74, 6) is 2.10. The zero-order valence-corrected chi connectivity index (χ0v) is 24.7. The second kappa shape index (κ2) is 12.3. The van der Waals surface area contributed by atoms with E-state index in [0.29, 0.717) is 19.8 Å². The average molecular weight is 568 g/mol. The lowest BCUT2D eigenvalue weighted by Gasteiger charge is -2.46. The number of carbonyl (C=O) groups is 1. The van der Waals surface area contributed by atoms with Crippen LogP contribution in [0, 0.1) is 11.2 Å². The monoisotopic (exact) mass is 567 g/mol. The molecule has 0 atom stereocenters. The number of esters is 1. The van der Waals surface area contributed by atoms with Crippen LogP contribution in [0.1, 0.15) is 58.9 Å². The molecular weight excluding hydrogens is 525 g/mol. The number of nitrogens with zero attached hydrogens (tertiary/aromatic N) is 3. The van der Waals surface area contributed by atoms with E-state index in [1.807, 2.05) is 20.8 Å². The first kappa shape index (κ1) is 29.2. The van der Waals surface area contributed by atoms with Gasteiger partial charge < -0.3 is 23.9 Å². The highest BCUT2D eigenvalue weighted by molar-refractivity contribution is 5.85. The van der Waals surface area contributed by atoms with Crippen molar-refractivity contribution in [2.75, 3.05) is 46.0 Å². The Morgan fingerprint density at radius 1 is 0.976 bits per heavy atom. The van der Waals surface area contributed by atoms with E-state index in [0.717, 1.165) is 92.4 Å². The molecule has 3 heterocycles. The van der Waals surface area contributed by atoms with Crippen molar-refractivity contribution in [3.05, 3.63) is 47.8 Å². The summed E-state index contributed by atoms with van der Waals surface area (Å²) in [4.78, 5) is 23.3. The van der Waals surface area contributed by atoms with Crippen molar-refractivity contribution in [2.45, 2.75) is 65.5 Å². The summed E-state index contributed by atoms with van der Waals surface area (Å²) in [6, 6.07) is 10.5. The standard InChI is InChI=1S/C32H42FN3O5/c1-5-31(30(37)40-8-4)13-15-36(16-14-31)28-19-32(41-34-28)21-35(22-32)20-23-17-26(38-6-2)29(27(18-23)39-7-3)24-9-11-25(33)12-10-24/h9-12,17-18H,5-8,13-16,19-22H2,1-4H3. The maximum absolute atomic E-state index is 13.6. The van der Waals surface area contributed by atoms with Crippen LogP contribution in [0.15, 0.2) is 41.6 Å². The van der Waals surface area contributed by atoms with Crippen molar-refractivity contribution < 1.29 is 28.2 Å². The number of rotatable bonds is 10. The highest BCUT2D eigenvalue weighted by Gasteiger charge is 2.51. The van der Waals surface area contributed by atoms with Crippen LogP contribution in [-0.2, 0) is 20.9 Å². The second-order valence-corrected chi connectivity index (χ2v) is 11.3. The maximum Gasteiger partial charge on any atom is 0.312 e. The lowest BCUT2D eigenvalue weighted by Crippen LogP contribution is -2.61. The van der Waals surface area contributed by atoms with Crippen LogP contribution in [0.3, 0.4) is 0 Å². The Hall–Kier alpha value is -3.33. The molecule has 5 rings (SSSR count). The number of carbonyl (C=O) groups excluding carboxylic acids is 1. The third-order valence-corrected chi connectivity index (χ3v) is 8.58. The molecule has 2 aromatic rings. The highest BCUT2D eigenvalue weighted by Crippen LogP contribution is 2.43. The topological polar surface area (TPSA) is 72.8 Å². The zero-order valence-electron chi connectivity index (χ0n) is 24.7.